The Labute approximate surface area is 158 Å². The zero-order chi connectivity index (χ0) is 19.1. The van der Waals surface area contributed by atoms with E-state index in [4.69, 9.17) is 14.2 Å². The van der Waals surface area contributed by atoms with Gasteiger partial charge in [0, 0.05) is 5.92 Å². The smallest absolute Gasteiger partial charge is 0.412 e. The van der Waals surface area contributed by atoms with Crippen LogP contribution in [0.15, 0.2) is 0 Å². The van der Waals surface area contributed by atoms with Crippen LogP contribution in [0.2, 0.25) is 0 Å². The second-order valence-corrected chi connectivity index (χ2v) is 9.96. The summed E-state index contributed by atoms with van der Waals surface area (Å²) in [6, 6.07) is 0.0238. The topological polar surface area (TPSA) is 48.0 Å². The molecule has 150 valence electrons. The molecule has 1 amide bonds. The number of amides is 1. The molecule has 3 rings (SSSR count). The van der Waals surface area contributed by atoms with Gasteiger partial charge in [-0.25, -0.2) is 4.79 Å². The highest BCUT2D eigenvalue weighted by Crippen LogP contribution is 2.43. The Balaban J connectivity index is 1.83. The van der Waals surface area contributed by atoms with Crippen LogP contribution in [0.25, 0.3) is 0 Å². The van der Waals surface area contributed by atoms with E-state index in [9.17, 15) is 4.79 Å². The van der Waals surface area contributed by atoms with Gasteiger partial charge in [0.2, 0.25) is 0 Å². The number of hydrogen-bond donors (Lipinski definition) is 0. The highest BCUT2D eigenvalue weighted by Gasteiger charge is 2.56. The molecule has 0 radical (unpaired) electrons. The summed E-state index contributed by atoms with van der Waals surface area (Å²) in [6.45, 7) is 12.7. The lowest BCUT2D eigenvalue weighted by Gasteiger charge is -2.41. The largest absolute Gasteiger partial charge is 0.444 e. The van der Waals surface area contributed by atoms with Crippen LogP contribution in [0.5, 0.6) is 0 Å². The van der Waals surface area contributed by atoms with Gasteiger partial charge in [0.15, 0.2) is 0 Å². The molecule has 26 heavy (non-hydrogen) atoms. The lowest BCUT2D eigenvalue weighted by molar-refractivity contribution is -0.187. The Hall–Kier alpha value is -0.810. The van der Waals surface area contributed by atoms with Gasteiger partial charge in [-0.1, -0.05) is 39.0 Å². The minimum Gasteiger partial charge on any atom is -0.444 e. The normalized spacial score (nSPS) is 35.2. The first-order valence-electron chi connectivity index (χ1n) is 10.4. The molecule has 4 atom stereocenters. The average molecular weight is 368 g/mol. The first kappa shape index (κ1) is 19.9. The molecule has 5 heteroatoms. The van der Waals surface area contributed by atoms with E-state index >= 15 is 0 Å². The molecular formula is C21H37NO4. The minimum absolute atomic E-state index is 0.0238. The summed E-state index contributed by atoms with van der Waals surface area (Å²) in [4.78, 5) is 14.9. The summed E-state index contributed by atoms with van der Waals surface area (Å²) in [5.74, 6) is 1.14. The van der Waals surface area contributed by atoms with Gasteiger partial charge in [0.25, 0.3) is 0 Å². The van der Waals surface area contributed by atoms with Crippen molar-refractivity contribution in [2.75, 3.05) is 6.61 Å². The van der Waals surface area contributed by atoms with Crippen LogP contribution >= 0.6 is 0 Å². The number of carbonyl (C=O) groups is 1. The lowest BCUT2D eigenvalue weighted by atomic mass is 9.81. The molecule has 2 saturated heterocycles. The Morgan fingerprint density at radius 3 is 2.31 bits per heavy atom. The first-order chi connectivity index (χ1) is 12.1. The predicted molar refractivity (Wildman–Crippen MR) is 101 cm³/mol. The van der Waals surface area contributed by atoms with E-state index in [-0.39, 0.29) is 24.3 Å². The van der Waals surface area contributed by atoms with Crippen LogP contribution < -0.4 is 0 Å². The fraction of sp³-hybridized carbons (Fsp3) is 0.952. The second-order valence-electron chi connectivity index (χ2n) is 9.96. The Morgan fingerprint density at radius 2 is 1.81 bits per heavy atom. The second kappa shape index (κ2) is 7.31. The van der Waals surface area contributed by atoms with Crippen molar-refractivity contribution in [3.05, 3.63) is 0 Å². The molecule has 0 unspecified atom stereocenters. The maximum atomic E-state index is 13.1. The number of carbonyl (C=O) groups excluding carboxylic acids is 1. The van der Waals surface area contributed by atoms with Gasteiger partial charge < -0.3 is 14.2 Å². The molecule has 1 saturated carbocycles. The number of ether oxygens (including phenoxy) is 3. The van der Waals surface area contributed by atoms with Crippen molar-refractivity contribution >= 4 is 6.09 Å². The zero-order valence-corrected chi connectivity index (χ0v) is 17.4. The van der Waals surface area contributed by atoms with Crippen LogP contribution in [-0.4, -0.2) is 47.2 Å². The van der Waals surface area contributed by atoms with Gasteiger partial charge in [0.1, 0.15) is 17.4 Å². The third-order valence-electron chi connectivity index (χ3n) is 6.04. The number of nitrogens with zero attached hydrogens (tertiary/aromatic N) is 1. The van der Waals surface area contributed by atoms with Crippen molar-refractivity contribution in [1.29, 1.82) is 0 Å². The van der Waals surface area contributed by atoms with Gasteiger partial charge in [-0.2, -0.15) is 0 Å². The molecule has 3 aliphatic rings. The van der Waals surface area contributed by atoms with E-state index in [0.717, 1.165) is 13.0 Å². The molecule has 0 aromatic heterocycles. The van der Waals surface area contributed by atoms with Crippen molar-refractivity contribution < 1.29 is 19.0 Å². The third-order valence-corrected chi connectivity index (χ3v) is 6.04. The molecule has 0 N–H and O–H groups in total. The maximum absolute atomic E-state index is 13.1. The molecule has 2 heterocycles. The molecular weight excluding hydrogens is 330 g/mol. The van der Waals surface area contributed by atoms with Crippen molar-refractivity contribution in [3.8, 4) is 0 Å². The van der Waals surface area contributed by atoms with Crippen LogP contribution in [-0.2, 0) is 14.2 Å². The zero-order valence-electron chi connectivity index (χ0n) is 17.4. The summed E-state index contributed by atoms with van der Waals surface area (Å²) >= 11 is 0. The average Bonchev–Trinajstić information content (AvgIpc) is 2.75. The fourth-order valence-corrected chi connectivity index (χ4v) is 4.79. The van der Waals surface area contributed by atoms with E-state index in [1.807, 2.05) is 39.5 Å². The van der Waals surface area contributed by atoms with Crippen LogP contribution in [0.1, 0.15) is 80.1 Å². The molecule has 5 nitrogen and oxygen atoms in total. The number of rotatable bonds is 3. The fourth-order valence-electron chi connectivity index (χ4n) is 4.79. The van der Waals surface area contributed by atoms with Crippen LogP contribution in [0.3, 0.4) is 0 Å². The molecule has 0 aromatic rings. The van der Waals surface area contributed by atoms with Gasteiger partial charge >= 0.3 is 6.09 Å². The highest BCUT2D eigenvalue weighted by molar-refractivity contribution is 5.70. The van der Waals surface area contributed by atoms with E-state index in [2.05, 4.69) is 6.92 Å². The first-order valence-corrected chi connectivity index (χ1v) is 10.4. The van der Waals surface area contributed by atoms with Gasteiger partial charge in [-0.15, -0.1) is 0 Å². The van der Waals surface area contributed by atoms with Crippen LogP contribution in [0.4, 0.5) is 4.79 Å². The van der Waals surface area contributed by atoms with E-state index in [0.29, 0.717) is 11.8 Å². The summed E-state index contributed by atoms with van der Waals surface area (Å²) in [7, 11) is 0. The molecule has 0 bridgehead atoms. The lowest BCUT2D eigenvalue weighted by Crippen LogP contribution is -2.54. The quantitative estimate of drug-likeness (QED) is 0.723. The SMILES string of the molecule is C[C@H]1CO[C@@H]1[C@@H]1OC(C)(C)N(C(=O)OC(C)(C)C)[C@H]1CC1CCCCC1. The maximum Gasteiger partial charge on any atom is 0.412 e. The van der Waals surface area contributed by atoms with E-state index in [1.165, 1.54) is 32.1 Å². The Kier molecular flexibility index (Phi) is 5.60. The van der Waals surface area contributed by atoms with Crippen molar-refractivity contribution in [1.82, 2.24) is 4.90 Å². The summed E-state index contributed by atoms with van der Waals surface area (Å²) in [5, 5.41) is 0. The Morgan fingerprint density at radius 1 is 1.15 bits per heavy atom. The summed E-state index contributed by atoms with van der Waals surface area (Å²) in [5.41, 5.74) is -1.19. The molecule has 0 aromatic carbocycles. The van der Waals surface area contributed by atoms with Crippen molar-refractivity contribution in [2.24, 2.45) is 11.8 Å². The predicted octanol–water partition coefficient (Wildman–Crippen LogP) is 4.73. The third kappa shape index (κ3) is 4.19. The van der Waals surface area contributed by atoms with Gasteiger partial charge in [-0.3, -0.25) is 4.90 Å². The van der Waals surface area contributed by atoms with Crippen molar-refractivity contribution in [2.45, 2.75) is 110 Å². The molecule has 2 aliphatic heterocycles. The Bertz CT molecular complexity index is 507. The van der Waals surface area contributed by atoms with Gasteiger partial charge in [0.05, 0.1) is 18.8 Å². The molecule has 3 fully saturated rings. The minimum atomic E-state index is -0.676. The highest BCUT2D eigenvalue weighted by atomic mass is 16.6. The van der Waals surface area contributed by atoms with E-state index in [1.54, 1.807) is 0 Å². The van der Waals surface area contributed by atoms with Crippen LogP contribution in [0, 0.1) is 11.8 Å². The summed E-state index contributed by atoms with van der Waals surface area (Å²) in [6.07, 6.45) is 7.19. The molecule has 0 spiro atoms. The van der Waals surface area contributed by atoms with Crippen molar-refractivity contribution in [3.63, 3.8) is 0 Å². The van der Waals surface area contributed by atoms with E-state index < -0.39 is 11.3 Å². The monoisotopic (exact) mass is 367 g/mol. The summed E-state index contributed by atoms with van der Waals surface area (Å²) < 4.78 is 18.0. The standard InChI is InChI=1S/C21H37NO4/c1-14-13-24-17(14)18-16(12-15-10-8-7-9-11-15)22(21(5,6)25-18)19(23)26-20(2,3)4/h14-18H,7-13H2,1-6H3/t14-,16-,17-,18+/m0/s1. The number of hydrogen-bond acceptors (Lipinski definition) is 4. The molecule has 1 aliphatic carbocycles. The van der Waals surface area contributed by atoms with Gasteiger partial charge in [-0.05, 0) is 47.0 Å².